The van der Waals surface area contributed by atoms with E-state index in [-0.39, 0.29) is 5.97 Å². The third-order valence-corrected chi connectivity index (χ3v) is 1.58. The quantitative estimate of drug-likeness (QED) is 0.426. The minimum atomic E-state index is -0.0748. The molecule has 0 aromatic heterocycles. The molecule has 0 aromatic rings. The molecule has 54 valence electrons. The van der Waals surface area contributed by atoms with Crippen LogP contribution in [0, 0.1) is 0 Å². The third-order valence-electron chi connectivity index (χ3n) is 0.820. The van der Waals surface area contributed by atoms with Gasteiger partial charge in [0.05, 0.1) is 6.61 Å². The van der Waals surface area contributed by atoms with E-state index in [0.717, 1.165) is 10.8 Å². The average molecular weight is 242 g/mol. The molecule has 0 aliphatic carbocycles. The third kappa shape index (κ3) is 6.08. The maximum atomic E-state index is 10.6. The zero-order valence-electron chi connectivity index (χ0n) is 5.52. The fourth-order valence-corrected chi connectivity index (χ4v) is 0.826. The minimum Gasteiger partial charge on any atom is -0.466 e. The first kappa shape index (κ1) is 9.20. The molecule has 0 aliphatic heterocycles. The van der Waals surface area contributed by atoms with Gasteiger partial charge >= 0.3 is 5.97 Å². The first-order valence-corrected chi connectivity index (χ1v) is 4.55. The monoisotopic (exact) mass is 242 g/mol. The van der Waals surface area contributed by atoms with E-state index in [4.69, 9.17) is 4.74 Å². The van der Waals surface area contributed by atoms with Crippen LogP contribution >= 0.6 is 22.6 Å². The Hall–Kier alpha value is 0.200. The predicted octanol–water partition coefficient (Wildman–Crippen LogP) is 1.76. The number of hydrogen-bond donors (Lipinski definition) is 0. The Morgan fingerprint density at radius 2 is 2.33 bits per heavy atom. The minimum absolute atomic E-state index is 0.0748. The van der Waals surface area contributed by atoms with Gasteiger partial charge < -0.3 is 4.74 Å². The summed E-state index contributed by atoms with van der Waals surface area (Å²) in [6, 6.07) is 0. The van der Waals surface area contributed by atoms with Crippen LogP contribution in [0.3, 0.4) is 0 Å². The molecule has 0 spiro atoms. The first-order valence-electron chi connectivity index (χ1n) is 3.02. The second kappa shape index (κ2) is 6.32. The molecule has 0 bridgehead atoms. The normalized spacial score (nSPS) is 9.11. The smallest absolute Gasteiger partial charge is 0.305 e. The zero-order valence-corrected chi connectivity index (χ0v) is 7.68. The lowest BCUT2D eigenvalue weighted by molar-refractivity contribution is -0.143. The Labute approximate surface area is 69.1 Å². The Balaban J connectivity index is 3.06. The molecule has 0 heterocycles. The van der Waals surface area contributed by atoms with Crippen LogP contribution < -0.4 is 0 Å². The van der Waals surface area contributed by atoms with Crippen molar-refractivity contribution in [1.29, 1.82) is 0 Å². The molecule has 3 heteroatoms. The van der Waals surface area contributed by atoms with Gasteiger partial charge in [0.2, 0.25) is 0 Å². The van der Waals surface area contributed by atoms with Crippen molar-refractivity contribution in [2.75, 3.05) is 11.0 Å². The van der Waals surface area contributed by atoms with E-state index in [9.17, 15) is 4.79 Å². The van der Waals surface area contributed by atoms with Gasteiger partial charge in [0, 0.05) is 10.8 Å². The molecule has 2 nitrogen and oxygen atoms in total. The second-order valence-corrected chi connectivity index (χ2v) is 2.68. The topological polar surface area (TPSA) is 26.3 Å². The van der Waals surface area contributed by atoms with Crippen molar-refractivity contribution in [3.05, 3.63) is 0 Å². The van der Waals surface area contributed by atoms with E-state index in [0.29, 0.717) is 13.0 Å². The molecule has 0 saturated carbocycles. The number of alkyl halides is 1. The molecule has 0 rings (SSSR count). The highest BCUT2D eigenvalue weighted by atomic mass is 127. The van der Waals surface area contributed by atoms with Crippen molar-refractivity contribution in [3.63, 3.8) is 0 Å². The van der Waals surface area contributed by atoms with Gasteiger partial charge in [0.1, 0.15) is 0 Å². The van der Waals surface area contributed by atoms with Crippen molar-refractivity contribution in [3.8, 4) is 0 Å². The lowest BCUT2D eigenvalue weighted by atomic mass is 10.3. The van der Waals surface area contributed by atoms with E-state index in [1.807, 2.05) is 6.92 Å². The van der Waals surface area contributed by atoms with Gasteiger partial charge in [-0.1, -0.05) is 22.6 Å². The fraction of sp³-hybridized carbons (Fsp3) is 0.833. The standard InChI is InChI=1S/C6H11IO2/c1-2-9-6(8)4-3-5-7/h2-5H2,1H3. The molecule has 0 N–H and O–H groups in total. The number of rotatable bonds is 4. The Bertz CT molecular complexity index is 83.1. The van der Waals surface area contributed by atoms with Gasteiger partial charge in [-0.05, 0) is 13.3 Å². The van der Waals surface area contributed by atoms with Gasteiger partial charge in [-0.2, -0.15) is 0 Å². The molecule has 0 radical (unpaired) electrons. The van der Waals surface area contributed by atoms with Gasteiger partial charge in [0.25, 0.3) is 0 Å². The van der Waals surface area contributed by atoms with E-state index < -0.39 is 0 Å². The van der Waals surface area contributed by atoms with E-state index in [2.05, 4.69) is 22.6 Å². The summed E-state index contributed by atoms with van der Waals surface area (Å²) in [6.45, 7) is 2.32. The van der Waals surface area contributed by atoms with Gasteiger partial charge in [-0.25, -0.2) is 0 Å². The molecule has 0 aliphatic rings. The Kier molecular flexibility index (Phi) is 6.46. The molecule has 0 amide bonds. The Morgan fingerprint density at radius 3 is 2.78 bits per heavy atom. The summed E-state index contributed by atoms with van der Waals surface area (Å²) in [7, 11) is 0. The van der Waals surface area contributed by atoms with Crippen LogP contribution in [0.1, 0.15) is 19.8 Å². The number of esters is 1. The van der Waals surface area contributed by atoms with Crippen LogP contribution in [0.15, 0.2) is 0 Å². The van der Waals surface area contributed by atoms with E-state index in [1.54, 1.807) is 0 Å². The number of ether oxygens (including phenoxy) is 1. The lowest BCUT2D eigenvalue weighted by Crippen LogP contribution is -2.03. The van der Waals surface area contributed by atoms with Crippen LogP contribution in [0.25, 0.3) is 0 Å². The second-order valence-electron chi connectivity index (χ2n) is 1.60. The van der Waals surface area contributed by atoms with Crippen molar-refractivity contribution in [2.45, 2.75) is 19.8 Å². The fourth-order valence-electron chi connectivity index (χ4n) is 0.444. The first-order chi connectivity index (χ1) is 4.31. The summed E-state index contributed by atoms with van der Waals surface area (Å²) >= 11 is 2.24. The van der Waals surface area contributed by atoms with Crippen molar-refractivity contribution >= 4 is 28.6 Å². The molecule has 0 unspecified atom stereocenters. The summed E-state index contributed by atoms with van der Waals surface area (Å²) in [5.41, 5.74) is 0. The highest BCUT2D eigenvalue weighted by Gasteiger charge is 1.97. The summed E-state index contributed by atoms with van der Waals surface area (Å²) in [5.74, 6) is -0.0748. The zero-order chi connectivity index (χ0) is 7.11. The van der Waals surface area contributed by atoms with Crippen molar-refractivity contribution in [1.82, 2.24) is 0 Å². The van der Waals surface area contributed by atoms with Crippen LogP contribution in [0.4, 0.5) is 0 Å². The molecule has 0 saturated heterocycles. The molecule has 0 fully saturated rings. The van der Waals surface area contributed by atoms with Gasteiger partial charge in [0.15, 0.2) is 0 Å². The summed E-state index contributed by atoms with van der Waals surface area (Å²) in [5, 5.41) is 0. The number of carbonyl (C=O) groups excluding carboxylic acids is 1. The Morgan fingerprint density at radius 1 is 1.67 bits per heavy atom. The molecular weight excluding hydrogens is 231 g/mol. The highest BCUT2D eigenvalue weighted by Crippen LogP contribution is 1.95. The average Bonchev–Trinajstić information content (AvgIpc) is 1.85. The maximum Gasteiger partial charge on any atom is 0.305 e. The number of carbonyl (C=O) groups is 1. The van der Waals surface area contributed by atoms with Crippen LogP contribution in [-0.4, -0.2) is 17.0 Å². The molecule has 0 aromatic carbocycles. The summed E-state index contributed by atoms with van der Waals surface area (Å²) in [4.78, 5) is 10.6. The largest absolute Gasteiger partial charge is 0.466 e. The lowest BCUT2D eigenvalue weighted by Gasteiger charge is -1.97. The van der Waals surface area contributed by atoms with E-state index in [1.165, 1.54) is 0 Å². The number of hydrogen-bond acceptors (Lipinski definition) is 2. The predicted molar refractivity (Wildman–Crippen MR) is 44.8 cm³/mol. The van der Waals surface area contributed by atoms with Gasteiger partial charge in [-0.15, -0.1) is 0 Å². The van der Waals surface area contributed by atoms with Crippen LogP contribution in [-0.2, 0) is 9.53 Å². The van der Waals surface area contributed by atoms with Gasteiger partial charge in [-0.3, -0.25) is 4.79 Å². The van der Waals surface area contributed by atoms with Crippen molar-refractivity contribution < 1.29 is 9.53 Å². The summed E-state index contributed by atoms with van der Waals surface area (Å²) < 4.78 is 5.73. The molecule has 0 atom stereocenters. The van der Waals surface area contributed by atoms with E-state index >= 15 is 0 Å². The molecule has 9 heavy (non-hydrogen) atoms. The van der Waals surface area contributed by atoms with Crippen LogP contribution in [0.2, 0.25) is 0 Å². The maximum absolute atomic E-state index is 10.6. The number of halogens is 1. The van der Waals surface area contributed by atoms with Crippen LogP contribution in [0.5, 0.6) is 0 Å². The van der Waals surface area contributed by atoms with Crippen molar-refractivity contribution in [2.24, 2.45) is 0 Å². The SMILES string of the molecule is CCOC(=O)CCCI. The highest BCUT2D eigenvalue weighted by molar-refractivity contribution is 14.1. The summed E-state index contributed by atoms with van der Waals surface area (Å²) in [6.07, 6.45) is 1.50. The molecular formula is C6H11IO2.